The Morgan fingerprint density at radius 3 is 2.68 bits per heavy atom. The number of ether oxygens (including phenoxy) is 1. The first-order chi connectivity index (χ1) is 18.0. The molecule has 2 aliphatic heterocycles. The van der Waals surface area contributed by atoms with E-state index in [1.807, 2.05) is 30.3 Å². The lowest BCUT2D eigenvalue weighted by molar-refractivity contribution is -0.119. The first-order valence-corrected chi connectivity index (χ1v) is 12.6. The predicted octanol–water partition coefficient (Wildman–Crippen LogP) is 3.75. The van der Waals surface area contributed by atoms with Crippen molar-refractivity contribution in [1.82, 2.24) is 20.6 Å². The number of phenols is 1. The van der Waals surface area contributed by atoms with Gasteiger partial charge in [-0.1, -0.05) is 30.3 Å². The largest absolute Gasteiger partial charge is 0.508 e. The molecule has 3 N–H and O–H groups in total. The van der Waals surface area contributed by atoms with Crippen LogP contribution in [-0.4, -0.2) is 59.3 Å². The van der Waals surface area contributed by atoms with Crippen LogP contribution in [-0.2, 0) is 4.79 Å². The fourth-order valence-corrected chi connectivity index (χ4v) is 5.50. The molecule has 9 heteroatoms. The third kappa shape index (κ3) is 4.51. The molecule has 0 spiro atoms. The molecule has 0 aliphatic carbocycles. The van der Waals surface area contributed by atoms with Gasteiger partial charge in [0.1, 0.15) is 23.7 Å². The zero-order valence-electron chi connectivity index (χ0n) is 20.5. The monoisotopic (exact) mass is 501 g/mol. The van der Waals surface area contributed by atoms with E-state index in [2.05, 4.69) is 20.5 Å². The second kappa shape index (κ2) is 9.48. The Balaban J connectivity index is 1.47. The highest BCUT2D eigenvalue weighted by Gasteiger charge is 2.34. The number of fused-ring (bicyclic) bond motifs is 4. The maximum absolute atomic E-state index is 16.3. The molecular weight excluding hydrogens is 473 g/mol. The molecule has 8 nitrogen and oxygen atoms in total. The van der Waals surface area contributed by atoms with Crippen LogP contribution in [0.1, 0.15) is 19.8 Å². The van der Waals surface area contributed by atoms with E-state index in [-0.39, 0.29) is 29.8 Å². The summed E-state index contributed by atoms with van der Waals surface area (Å²) in [7, 11) is 0. The first kappa shape index (κ1) is 23.4. The third-order valence-corrected chi connectivity index (χ3v) is 7.13. The number of amides is 1. The topological polar surface area (TPSA) is 99.6 Å². The van der Waals surface area contributed by atoms with Crippen LogP contribution >= 0.6 is 0 Å². The van der Waals surface area contributed by atoms with Gasteiger partial charge in [-0.05, 0) is 47.4 Å². The SMILES string of the molecule is CC(=O)NCCOc1nc(N2CC3CCC(C2)N3)c2ccc(-c3cc(O)cc4ccccc34)c(F)c2n1. The van der Waals surface area contributed by atoms with E-state index < -0.39 is 5.82 Å². The molecule has 37 heavy (non-hydrogen) atoms. The van der Waals surface area contributed by atoms with Crippen molar-refractivity contribution in [2.75, 3.05) is 31.1 Å². The number of nitrogens with zero attached hydrogens (tertiary/aromatic N) is 3. The lowest BCUT2D eigenvalue weighted by Gasteiger charge is -2.34. The highest BCUT2D eigenvalue weighted by molar-refractivity contribution is 6.01. The van der Waals surface area contributed by atoms with Gasteiger partial charge in [0, 0.05) is 43.0 Å². The number of aromatic hydroxyl groups is 1. The molecule has 0 radical (unpaired) electrons. The summed E-state index contributed by atoms with van der Waals surface area (Å²) < 4.78 is 22.1. The van der Waals surface area contributed by atoms with Crippen molar-refractivity contribution in [1.29, 1.82) is 0 Å². The van der Waals surface area contributed by atoms with Crippen molar-refractivity contribution < 1.29 is 19.0 Å². The highest BCUT2D eigenvalue weighted by atomic mass is 19.1. The minimum atomic E-state index is -0.498. The Hall–Kier alpha value is -3.98. The quantitative estimate of drug-likeness (QED) is 0.346. The minimum Gasteiger partial charge on any atom is -0.508 e. The molecular formula is C28H28FN5O3. The van der Waals surface area contributed by atoms with Crippen LogP contribution in [0.25, 0.3) is 32.8 Å². The van der Waals surface area contributed by atoms with Gasteiger partial charge >= 0.3 is 6.01 Å². The van der Waals surface area contributed by atoms with Gasteiger partial charge in [-0.25, -0.2) is 4.39 Å². The van der Waals surface area contributed by atoms with Crippen LogP contribution in [0.4, 0.5) is 10.2 Å². The Kier molecular flexibility index (Phi) is 6.00. The van der Waals surface area contributed by atoms with Crippen molar-refractivity contribution in [2.45, 2.75) is 31.8 Å². The van der Waals surface area contributed by atoms with Gasteiger partial charge in [-0.15, -0.1) is 0 Å². The first-order valence-electron chi connectivity index (χ1n) is 12.6. The van der Waals surface area contributed by atoms with Crippen molar-refractivity contribution in [2.24, 2.45) is 0 Å². The molecule has 3 heterocycles. The van der Waals surface area contributed by atoms with Crippen LogP contribution in [0.15, 0.2) is 48.5 Å². The third-order valence-electron chi connectivity index (χ3n) is 7.13. The molecule has 2 atom stereocenters. The number of anilines is 1. The van der Waals surface area contributed by atoms with Crippen LogP contribution < -0.4 is 20.3 Å². The van der Waals surface area contributed by atoms with Crippen LogP contribution in [0.2, 0.25) is 0 Å². The fourth-order valence-electron chi connectivity index (χ4n) is 5.50. The lowest BCUT2D eigenvalue weighted by atomic mass is 9.96. The molecule has 2 saturated heterocycles. The van der Waals surface area contributed by atoms with Crippen LogP contribution in [0.5, 0.6) is 11.8 Å². The number of hydrogen-bond acceptors (Lipinski definition) is 7. The molecule has 2 unspecified atom stereocenters. The average molecular weight is 502 g/mol. The van der Waals surface area contributed by atoms with Gasteiger partial charge in [0.25, 0.3) is 0 Å². The summed E-state index contributed by atoms with van der Waals surface area (Å²) in [6.07, 6.45) is 2.21. The van der Waals surface area contributed by atoms with Crippen molar-refractivity contribution in [3.63, 3.8) is 0 Å². The summed E-state index contributed by atoms with van der Waals surface area (Å²) in [6, 6.07) is 15.2. The number of hydrogen-bond donors (Lipinski definition) is 3. The summed E-state index contributed by atoms with van der Waals surface area (Å²) in [5, 5.41) is 18.9. The molecule has 2 aliphatic rings. The standard InChI is InChI=1S/C28H28FN5O3/c1-16(35)30-10-11-37-28-32-26-23(27(33-28)34-14-18-6-7-19(15-34)31-18)9-8-22(25(26)29)24-13-20(36)12-17-4-2-3-5-21(17)24/h2-5,8-9,12-13,18-19,31,36H,6-7,10-11,14-15H2,1H3,(H,30,35). The Labute approximate surface area is 213 Å². The molecule has 190 valence electrons. The van der Waals surface area contributed by atoms with Gasteiger partial charge in [0.05, 0.1) is 6.54 Å². The number of aromatic nitrogens is 2. The summed E-state index contributed by atoms with van der Waals surface area (Å²) in [4.78, 5) is 22.6. The Bertz CT molecular complexity index is 1500. The second-order valence-electron chi connectivity index (χ2n) is 9.74. The molecule has 1 amide bonds. The van der Waals surface area contributed by atoms with Gasteiger partial charge in [0.15, 0.2) is 5.82 Å². The van der Waals surface area contributed by atoms with Gasteiger partial charge in [-0.2, -0.15) is 9.97 Å². The number of nitrogens with one attached hydrogen (secondary N) is 2. The van der Waals surface area contributed by atoms with Gasteiger partial charge < -0.3 is 25.4 Å². The Morgan fingerprint density at radius 1 is 1.11 bits per heavy atom. The van der Waals surface area contributed by atoms with Crippen molar-refractivity contribution >= 4 is 33.4 Å². The number of piperazine rings is 1. The molecule has 2 bridgehead atoms. The fraction of sp³-hybridized carbons (Fsp3) is 0.321. The van der Waals surface area contributed by atoms with Gasteiger partial charge in [0.2, 0.25) is 5.91 Å². The molecule has 0 saturated carbocycles. The Morgan fingerprint density at radius 2 is 1.89 bits per heavy atom. The van der Waals surface area contributed by atoms with Crippen LogP contribution in [0, 0.1) is 5.82 Å². The smallest absolute Gasteiger partial charge is 0.319 e. The zero-order chi connectivity index (χ0) is 25.5. The van der Waals surface area contributed by atoms with E-state index in [4.69, 9.17) is 9.72 Å². The molecule has 2 fully saturated rings. The van der Waals surface area contributed by atoms with Gasteiger partial charge in [-0.3, -0.25) is 4.79 Å². The second-order valence-corrected chi connectivity index (χ2v) is 9.74. The number of benzene rings is 3. The van der Waals surface area contributed by atoms with Crippen molar-refractivity contribution in [3.05, 3.63) is 54.3 Å². The van der Waals surface area contributed by atoms with E-state index in [9.17, 15) is 9.90 Å². The average Bonchev–Trinajstić information content (AvgIpc) is 3.23. The summed E-state index contributed by atoms with van der Waals surface area (Å²) in [5.74, 6) is 0.0507. The highest BCUT2D eigenvalue weighted by Crippen LogP contribution is 2.38. The number of carbonyl (C=O) groups is 1. The van der Waals surface area contributed by atoms with E-state index >= 15 is 4.39 Å². The number of carbonyl (C=O) groups excluding carboxylic acids is 1. The van der Waals surface area contributed by atoms with E-state index in [0.29, 0.717) is 41.0 Å². The van der Waals surface area contributed by atoms with Crippen LogP contribution in [0.3, 0.4) is 0 Å². The normalized spacial score (nSPS) is 18.9. The zero-order valence-corrected chi connectivity index (χ0v) is 20.5. The molecule has 4 aromatic rings. The number of phenolic OH excluding ortho intramolecular Hbond substituents is 1. The molecule has 6 rings (SSSR count). The van der Waals surface area contributed by atoms with E-state index in [1.165, 1.54) is 6.92 Å². The van der Waals surface area contributed by atoms with E-state index in [1.54, 1.807) is 18.2 Å². The molecule has 1 aromatic heterocycles. The predicted molar refractivity (Wildman–Crippen MR) is 140 cm³/mol. The maximum atomic E-state index is 16.3. The van der Waals surface area contributed by atoms with Crippen molar-refractivity contribution in [3.8, 4) is 22.9 Å². The van der Waals surface area contributed by atoms with E-state index in [0.717, 1.165) is 36.7 Å². The number of halogens is 1. The summed E-state index contributed by atoms with van der Waals surface area (Å²) in [5.41, 5.74) is 1.09. The number of rotatable bonds is 6. The summed E-state index contributed by atoms with van der Waals surface area (Å²) >= 11 is 0. The lowest BCUT2D eigenvalue weighted by Crippen LogP contribution is -2.51. The summed E-state index contributed by atoms with van der Waals surface area (Å²) in [6.45, 7) is 3.44. The molecule has 3 aromatic carbocycles. The minimum absolute atomic E-state index is 0.0647. The maximum Gasteiger partial charge on any atom is 0.319 e.